The molecule has 1 aromatic carbocycles. The topological polar surface area (TPSA) is 12.0 Å². The molecule has 0 saturated carbocycles. The molecule has 70 valence electrons. The van der Waals surface area contributed by atoms with Crippen LogP contribution >= 0.6 is 0 Å². The van der Waals surface area contributed by atoms with Gasteiger partial charge in [0.1, 0.15) is 0 Å². The molecule has 1 rings (SSSR count). The van der Waals surface area contributed by atoms with Crippen molar-refractivity contribution in [3.8, 4) is 0 Å². The van der Waals surface area contributed by atoms with Crippen LogP contribution in [0, 0.1) is 0 Å². The molecule has 0 aliphatic carbocycles. The van der Waals surface area contributed by atoms with Crippen LogP contribution in [-0.4, -0.2) is 13.1 Å². The highest BCUT2D eigenvalue weighted by molar-refractivity contribution is 4.99. The molecule has 1 N–H and O–H groups in total. The average molecular weight is 175 g/mol. The first-order chi connectivity index (χ1) is 6.41. The summed E-state index contributed by atoms with van der Waals surface area (Å²) in [7, 11) is 0. The van der Waals surface area contributed by atoms with Gasteiger partial charge in [-0.1, -0.05) is 48.6 Å². The Kier molecular flexibility index (Phi) is 9.56. The van der Waals surface area contributed by atoms with Crippen molar-refractivity contribution in [2.24, 2.45) is 0 Å². The van der Waals surface area contributed by atoms with Crippen LogP contribution in [0.15, 0.2) is 61.7 Å². The third kappa shape index (κ3) is 10.7. The van der Waals surface area contributed by atoms with Gasteiger partial charge in [0.15, 0.2) is 0 Å². The van der Waals surface area contributed by atoms with Crippen molar-refractivity contribution in [1.29, 1.82) is 0 Å². The van der Waals surface area contributed by atoms with E-state index >= 15 is 0 Å². The van der Waals surface area contributed by atoms with Gasteiger partial charge in [-0.15, -0.1) is 13.2 Å². The van der Waals surface area contributed by atoms with E-state index in [0.29, 0.717) is 0 Å². The Balaban J connectivity index is 0.000000223. The van der Waals surface area contributed by atoms with Crippen LogP contribution in [0.5, 0.6) is 0 Å². The van der Waals surface area contributed by atoms with Crippen molar-refractivity contribution < 1.29 is 0 Å². The molecule has 1 aromatic rings. The van der Waals surface area contributed by atoms with E-state index in [1.165, 1.54) is 0 Å². The minimum absolute atomic E-state index is 0.867. The van der Waals surface area contributed by atoms with E-state index in [1.807, 2.05) is 48.6 Å². The molecule has 0 amide bonds. The molecule has 13 heavy (non-hydrogen) atoms. The zero-order valence-electron chi connectivity index (χ0n) is 7.95. The van der Waals surface area contributed by atoms with Crippen LogP contribution < -0.4 is 5.32 Å². The molecule has 0 fully saturated rings. The third-order valence-electron chi connectivity index (χ3n) is 1.24. The molecule has 0 saturated heterocycles. The van der Waals surface area contributed by atoms with Gasteiger partial charge in [-0.05, 0) is 0 Å². The second kappa shape index (κ2) is 10.7. The second-order valence-electron chi connectivity index (χ2n) is 2.39. The van der Waals surface area contributed by atoms with E-state index in [0.717, 1.165) is 13.1 Å². The third-order valence-corrected chi connectivity index (χ3v) is 1.24. The van der Waals surface area contributed by atoms with E-state index in [-0.39, 0.29) is 0 Å². The molecule has 0 atom stereocenters. The summed E-state index contributed by atoms with van der Waals surface area (Å²) < 4.78 is 0. The van der Waals surface area contributed by atoms with Crippen LogP contribution in [0.3, 0.4) is 0 Å². The minimum Gasteiger partial charge on any atom is -0.310 e. The Morgan fingerprint density at radius 1 is 0.769 bits per heavy atom. The smallest absolute Gasteiger partial charge is 0.0135 e. The van der Waals surface area contributed by atoms with Crippen molar-refractivity contribution in [1.82, 2.24) is 5.32 Å². The molecule has 0 radical (unpaired) electrons. The summed E-state index contributed by atoms with van der Waals surface area (Å²) in [6.07, 6.45) is 3.65. The van der Waals surface area contributed by atoms with Gasteiger partial charge in [0.05, 0.1) is 0 Å². The lowest BCUT2D eigenvalue weighted by Gasteiger charge is -1.90. The molecule has 0 unspecified atom stereocenters. The summed E-state index contributed by atoms with van der Waals surface area (Å²) in [6.45, 7) is 8.81. The molecule has 0 aromatic heterocycles. The largest absolute Gasteiger partial charge is 0.310 e. The molecule has 0 bridgehead atoms. The van der Waals surface area contributed by atoms with E-state index in [1.54, 1.807) is 0 Å². The lowest BCUT2D eigenvalue weighted by Crippen LogP contribution is -2.11. The van der Waals surface area contributed by atoms with E-state index < -0.39 is 0 Å². The Labute approximate surface area is 80.8 Å². The lowest BCUT2D eigenvalue weighted by molar-refractivity contribution is 0.845. The van der Waals surface area contributed by atoms with Gasteiger partial charge in [-0.3, -0.25) is 0 Å². The standard InChI is InChI=1S/C6H11N.C6H6/c1-3-5-7-6-4-2;1-2-4-6-5-3-1/h3-4,7H,1-2,5-6H2;1-6H. The molecule has 1 nitrogen and oxygen atoms in total. The summed E-state index contributed by atoms with van der Waals surface area (Å²) >= 11 is 0. The monoisotopic (exact) mass is 175 g/mol. The van der Waals surface area contributed by atoms with Crippen LogP contribution in [-0.2, 0) is 0 Å². The van der Waals surface area contributed by atoms with E-state index in [2.05, 4.69) is 18.5 Å². The first-order valence-electron chi connectivity index (χ1n) is 4.34. The maximum Gasteiger partial charge on any atom is 0.0135 e. The van der Waals surface area contributed by atoms with Crippen LogP contribution in [0.25, 0.3) is 0 Å². The Hall–Kier alpha value is -1.34. The van der Waals surface area contributed by atoms with Gasteiger partial charge in [-0.2, -0.15) is 0 Å². The van der Waals surface area contributed by atoms with Crippen molar-refractivity contribution in [3.63, 3.8) is 0 Å². The maximum atomic E-state index is 3.54. The average Bonchev–Trinajstić information content (AvgIpc) is 2.22. The molecular formula is C12H17N. The van der Waals surface area contributed by atoms with Crippen LogP contribution in [0.4, 0.5) is 0 Å². The number of hydrogen-bond donors (Lipinski definition) is 1. The Bertz CT molecular complexity index is 169. The molecule has 0 aliphatic heterocycles. The molecule has 0 heterocycles. The van der Waals surface area contributed by atoms with E-state index in [9.17, 15) is 0 Å². The quantitative estimate of drug-likeness (QED) is 0.548. The van der Waals surface area contributed by atoms with Crippen molar-refractivity contribution >= 4 is 0 Å². The number of rotatable bonds is 4. The predicted octanol–water partition coefficient (Wildman–Crippen LogP) is 2.63. The number of benzene rings is 1. The Morgan fingerprint density at radius 2 is 1.08 bits per heavy atom. The highest BCUT2D eigenvalue weighted by Crippen LogP contribution is 1.79. The maximum absolute atomic E-state index is 3.54. The molecule has 0 spiro atoms. The molecular weight excluding hydrogens is 158 g/mol. The van der Waals surface area contributed by atoms with Crippen molar-refractivity contribution in [2.75, 3.05) is 13.1 Å². The summed E-state index contributed by atoms with van der Waals surface area (Å²) in [6, 6.07) is 12.0. The van der Waals surface area contributed by atoms with Crippen LogP contribution in [0.2, 0.25) is 0 Å². The van der Waals surface area contributed by atoms with Crippen molar-refractivity contribution in [2.45, 2.75) is 0 Å². The first-order valence-corrected chi connectivity index (χ1v) is 4.34. The van der Waals surface area contributed by atoms with Gasteiger partial charge in [-0.25, -0.2) is 0 Å². The van der Waals surface area contributed by atoms with Gasteiger partial charge >= 0.3 is 0 Å². The molecule has 0 aliphatic rings. The zero-order valence-corrected chi connectivity index (χ0v) is 7.95. The van der Waals surface area contributed by atoms with Crippen LogP contribution in [0.1, 0.15) is 0 Å². The summed E-state index contributed by atoms with van der Waals surface area (Å²) in [5, 5.41) is 3.05. The second-order valence-corrected chi connectivity index (χ2v) is 2.39. The van der Waals surface area contributed by atoms with Gasteiger partial charge in [0.25, 0.3) is 0 Å². The summed E-state index contributed by atoms with van der Waals surface area (Å²) in [4.78, 5) is 0. The minimum atomic E-state index is 0.867. The van der Waals surface area contributed by atoms with Crippen molar-refractivity contribution in [3.05, 3.63) is 61.7 Å². The number of hydrogen-bond acceptors (Lipinski definition) is 1. The highest BCUT2D eigenvalue weighted by Gasteiger charge is 1.69. The molecule has 1 heteroatoms. The Morgan fingerprint density at radius 3 is 1.31 bits per heavy atom. The lowest BCUT2D eigenvalue weighted by atomic mass is 10.4. The highest BCUT2D eigenvalue weighted by atomic mass is 14.8. The van der Waals surface area contributed by atoms with Gasteiger partial charge in [0.2, 0.25) is 0 Å². The van der Waals surface area contributed by atoms with Gasteiger partial charge < -0.3 is 5.32 Å². The SMILES string of the molecule is C=CCNCC=C.c1ccccc1. The summed E-state index contributed by atoms with van der Waals surface area (Å²) in [5.74, 6) is 0. The normalized spacial score (nSPS) is 8.00. The zero-order chi connectivity index (χ0) is 9.78. The first kappa shape index (κ1) is 11.7. The predicted molar refractivity (Wildman–Crippen MR) is 59.7 cm³/mol. The number of nitrogens with one attached hydrogen (secondary N) is 1. The van der Waals surface area contributed by atoms with Gasteiger partial charge in [0, 0.05) is 13.1 Å². The summed E-state index contributed by atoms with van der Waals surface area (Å²) in [5.41, 5.74) is 0. The fourth-order valence-corrected chi connectivity index (χ4v) is 0.672. The fourth-order valence-electron chi connectivity index (χ4n) is 0.672. The van der Waals surface area contributed by atoms with E-state index in [4.69, 9.17) is 0 Å². The fraction of sp³-hybridized carbons (Fsp3) is 0.167.